The molecule has 0 bridgehead atoms. The molecule has 3 rings (SSSR count). The van der Waals surface area contributed by atoms with E-state index in [1.54, 1.807) is 6.07 Å². The van der Waals surface area contributed by atoms with E-state index in [1.165, 1.54) is 18.2 Å². The smallest absolute Gasteiger partial charge is 0.269 e. The molecule has 2 N–H and O–H groups in total. The third-order valence-electron chi connectivity index (χ3n) is 6.92. The quantitative estimate of drug-likeness (QED) is 0.195. The van der Waals surface area contributed by atoms with Crippen LogP contribution >= 0.6 is 0 Å². The number of nitro groups is 1. The lowest BCUT2D eigenvalue weighted by atomic mass is 9.96. The van der Waals surface area contributed by atoms with Gasteiger partial charge in [0.15, 0.2) is 5.78 Å². The number of carbonyl (C=O) groups is 3. The number of Topliss-reactive ketones (excluding diaryl/α,β-unsaturated/α-hetero) is 1. The summed E-state index contributed by atoms with van der Waals surface area (Å²) >= 11 is 0. The van der Waals surface area contributed by atoms with Gasteiger partial charge in [0.25, 0.3) is 5.69 Å². The number of rotatable bonds is 16. The van der Waals surface area contributed by atoms with Crippen molar-refractivity contribution in [3.05, 3.63) is 112 Å². The minimum atomic E-state index is -0.886. The first-order chi connectivity index (χ1) is 19.8. The predicted molar refractivity (Wildman–Crippen MR) is 156 cm³/mol. The summed E-state index contributed by atoms with van der Waals surface area (Å²) in [6.07, 6.45) is 1.44. The zero-order valence-electron chi connectivity index (χ0n) is 23.5. The molecule has 0 unspecified atom stereocenters. The van der Waals surface area contributed by atoms with Crippen LogP contribution in [-0.4, -0.2) is 41.2 Å². The van der Waals surface area contributed by atoms with Crippen LogP contribution in [0.3, 0.4) is 0 Å². The van der Waals surface area contributed by atoms with Crippen LogP contribution in [-0.2, 0) is 38.6 Å². The number of benzene rings is 3. The number of hydrogen-bond acceptors (Lipinski definition) is 6. The molecule has 0 aromatic heterocycles. The second kappa shape index (κ2) is 16.0. The van der Waals surface area contributed by atoms with Gasteiger partial charge in [-0.25, -0.2) is 0 Å². The van der Waals surface area contributed by atoms with Gasteiger partial charge < -0.3 is 15.4 Å². The van der Waals surface area contributed by atoms with E-state index in [-0.39, 0.29) is 37.0 Å². The normalized spacial score (nSPS) is 13.0. The molecule has 3 aromatic carbocycles. The molecule has 9 heteroatoms. The predicted octanol–water partition coefficient (Wildman–Crippen LogP) is 4.57. The first-order valence-corrected chi connectivity index (χ1v) is 13.8. The molecule has 216 valence electrons. The topological polar surface area (TPSA) is 128 Å². The molecule has 0 aliphatic heterocycles. The Balaban J connectivity index is 1.68. The monoisotopic (exact) mass is 559 g/mol. The van der Waals surface area contributed by atoms with Crippen LogP contribution in [0.4, 0.5) is 5.69 Å². The number of nitro benzene ring substituents is 1. The van der Waals surface area contributed by atoms with Crippen molar-refractivity contribution in [3.63, 3.8) is 0 Å². The molecular formula is C32H37N3O6. The first kappa shape index (κ1) is 31.2. The Bertz CT molecular complexity index is 1300. The third kappa shape index (κ3) is 10.3. The van der Waals surface area contributed by atoms with Gasteiger partial charge in [-0.05, 0) is 35.4 Å². The van der Waals surface area contributed by atoms with Crippen molar-refractivity contribution in [1.82, 2.24) is 10.6 Å². The molecule has 0 saturated heterocycles. The Morgan fingerprint density at radius 1 is 0.878 bits per heavy atom. The van der Waals surface area contributed by atoms with Crippen molar-refractivity contribution in [2.45, 2.75) is 58.2 Å². The van der Waals surface area contributed by atoms with E-state index in [0.717, 1.165) is 11.1 Å². The molecule has 0 spiro atoms. The molecule has 2 amide bonds. The van der Waals surface area contributed by atoms with Crippen molar-refractivity contribution >= 4 is 23.3 Å². The van der Waals surface area contributed by atoms with Gasteiger partial charge in [0, 0.05) is 12.1 Å². The maximum atomic E-state index is 13.5. The van der Waals surface area contributed by atoms with Crippen molar-refractivity contribution in [2.75, 3.05) is 6.61 Å². The number of nitrogens with zero attached hydrogens (tertiary/aromatic N) is 1. The highest BCUT2D eigenvalue weighted by molar-refractivity contribution is 5.93. The van der Waals surface area contributed by atoms with Crippen LogP contribution in [0.25, 0.3) is 0 Å². The summed E-state index contributed by atoms with van der Waals surface area (Å²) in [6, 6.07) is 23.3. The van der Waals surface area contributed by atoms with E-state index in [1.807, 2.05) is 74.5 Å². The van der Waals surface area contributed by atoms with Gasteiger partial charge in [-0.15, -0.1) is 0 Å². The van der Waals surface area contributed by atoms with Crippen LogP contribution in [0.2, 0.25) is 0 Å². The summed E-state index contributed by atoms with van der Waals surface area (Å²) in [6.45, 7) is 3.87. The summed E-state index contributed by atoms with van der Waals surface area (Å²) < 4.78 is 5.66. The minimum absolute atomic E-state index is 0.110. The lowest BCUT2D eigenvalue weighted by molar-refractivity contribution is -0.384. The number of nitrogens with one attached hydrogen (secondary N) is 2. The van der Waals surface area contributed by atoms with E-state index >= 15 is 0 Å². The van der Waals surface area contributed by atoms with Crippen LogP contribution in [0.15, 0.2) is 84.9 Å². The second-order valence-electron chi connectivity index (χ2n) is 10.1. The number of hydrogen-bond donors (Lipinski definition) is 2. The molecule has 0 aliphatic carbocycles. The van der Waals surface area contributed by atoms with E-state index in [2.05, 4.69) is 10.6 Å². The standard InChI is InChI=1S/C32H37N3O6/c1-3-23(2)31(34-30(37)20-26-15-10-16-27(19-26)35(39)40)32(38)33-28(18-17-24-11-6-4-7-12-24)29(36)22-41-21-25-13-8-5-9-14-25/h4-16,19,23,28,31H,3,17-18,20-22H2,1-2H3,(H,33,38)(H,34,37)/t23-,28+,31+/m1/s1. The minimum Gasteiger partial charge on any atom is -0.369 e. The molecule has 3 atom stereocenters. The number of non-ortho nitro benzene ring substituents is 1. The zero-order chi connectivity index (χ0) is 29.6. The average Bonchev–Trinajstić information content (AvgIpc) is 2.98. The number of ether oxygens (including phenoxy) is 1. The zero-order valence-corrected chi connectivity index (χ0v) is 23.5. The Labute approximate surface area is 240 Å². The van der Waals surface area contributed by atoms with E-state index in [0.29, 0.717) is 24.8 Å². The Morgan fingerprint density at radius 3 is 2.15 bits per heavy atom. The average molecular weight is 560 g/mol. The van der Waals surface area contributed by atoms with Crippen molar-refractivity contribution in [1.29, 1.82) is 0 Å². The SMILES string of the molecule is CC[C@@H](C)[C@H](NC(=O)Cc1cccc([N+](=O)[O-])c1)C(=O)N[C@@H](CCc1ccccc1)C(=O)COCc1ccccc1. The van der Waals surface area contributed by atoms with Gasteiger partial charge in [0.1, 0.15) is 12.6 Å². The Hall–Kier alpha value is -4.37. The summed E-state index contributed by atoms with van der Waals surface area (Å²) in [5, 5.41) is 16.7. The fraction of sp³-hybridized carbons (Fsp3) is 0.344. The first-order valence-electron chi connectivity index (χ1n) is 13.8. The van der Waals surface area contributed by atoms with Gasteiger partial charge in [0.2, 0.25) is 11.8 Å². The molecule has 0 fully saturated rings. The van der Waals surface area contributed by atoms with Crippen molar-refractivity contribution in [2.24, 2.45) is 5.92 Å². The molecule has 41 heavy (non-hydrogen) atoms. The number of amides is 2. The Kier molecular flexibility index (Phi) is 12.2. The van der Waals surface area contributed by atoms with Gasteiger partial charge in [0.05, 0.1) is 24.0 Å². The summed E-state index contributed by atoms with van der Waals surface area (Å²) in [5.41, 5.74) is 2.33. The highest BCUT2D eigenvalue weighted by Gasteiger charge is 2.30. The molecule has 3 aromatic rings. The summed E-state index contributed by atoms with van der Waals surface area (Å²) in [5.74, 6) is -1.37. The van der Waals surface area contributed by atoms with Gasteiger partial charge in [-0.3, -0.25) is 24.5 Å². The van der Waals surface area contributed by atoms with E-state index < -0.39 is 28.8 Å². The Morgan fingerprint density at radius 2 is 1.51 bits per heavy atom. The molecule has 0 aliphatic rings. The fourth-order valence-corrected chi connectivity index (χ4v) is 4.37. The van der Waals surface area contributed by atoms with Crippen LogP contribution in [0.5, 0.6) is 0 Å². The molecule has 0 saturated carbocycles. The third-order valence-corrected chi connectivity index (χ3v) is 6.92. The van der Waals surface area contributed by atoms with E-state index in [9.17, 15) is 24.5 Å². The lowest BCUT2D eigenvalue weighted by Crippen LogP contribution is -2.54. The molecular weight excluding hydrogens is 522 g/mol. The van der Waals surface area contributed by atoms with Crippen LogP contribution in [0, 0.1) is 16.0 Å². The molecule has 9 nitrogen and oxygen atoms in total. The highest BCUT2D eigenvalue weighted by atomic mass is 16.6. The van der Waals surface area contributed by atoms with Gasteiger partial charge in [-0.2, -0.15) is 0 Å². The number of carbonyl (C=O) groups excluding carboxylic acids is 3. The highest BCUT2D eigenvalue weighted by Crippen LogP contribution is 2.15. The molecule has 0 radical (unpaired) electrons. The van der Waals surface area contributed by atoms with Crippen molar-refractivity contribution < 1.29 is 24.0 Å². The van der Waals surface area contributed by atoms with E-state index in [4.69, 9.17) is 4.74 Å². The van der Waals surface area contributed by atoms with Crippen molar-refractivity contribution in [3.8, 4) is 0 Å². The molecule has 0 heterocycles. The second-order valence-corrected chi connectivity index (χ2v) is 10.1. The summed E-state index contributed by atoms with van der Waals surface area (Å²) in [4.78, 5) is 50.2. The van der Waals surface area contributed by atoms with Gasteiger partial charge >= 0.3 is 0 Å². The lowest BCUT2D eigenvalue weighted by Gasteiger charge is -2.26. The van der Waals surface area contributed by atoms with Gasteiger partial charge in [-0.1, -0.05) is 93.1 Å². The maximum Gasteiger partial charge on any atom is 0.269 e. The van der Waals surface area contributed by atoms with Crippen LogP contribution < -0.4 is 10.6 Å². The fourth-order valence-electron chi connectivity index (χ4n) is 4.37. The summed E-state index contributed by atoms with van der Waals surface area (Å²) in [7, 11) is 0. The maximum absolute atomic E-state index is 13.5. The van der Waals surface area contributed by atoms with Crippen LogP contribution in [0.1, 0.15) is 43.4 Å². The number of aryl methyl sites for hydroxylation is 1. The number of ketones is 1. The largest absolute Gasteiger partial charge is 0.369 e.